The summed E-state index contributed by atoms with van der Waals surface area (Å²) < 4.78 is 2.41. The van der Waals surface area contributed by atoms with Gasteiger partial charge in [-0.15, -0.1) is 0 Å². The Kier molecular flexibility index (Phi) is 5.26. The van der Waals surface area contributed by atoms with E-state index in [9.17, 15) is 5.26 Å². The molecule has 2 heterocycles. The lowest BCUT2D eigenvalue weighted by Gasteiger charge is -2.15. The summed E-state index contributed by atoms with van der Waals surface area (Å²) in [5.41, 5.74) is 8.66. The fourth-order valence-corrected chi connectivity index (χ4v) is 6.41. The van der Waals surface area contributed by atoms with E-state index < -0.39 is 0 Å². The number of nitrogens with one attached hydrogen (secondary N) is 1. The Morgan fingerprint density at radius 1 is 0.634 bits per heavy atom. The number of rotatable bonds is 3. The van der Waals surface area contributed by atoms with Crippen LogP contribution in [-0.4, -0.2) is 11.1 Å². The van der Waals surface area contributed by atoms with Crippen LogP contribution in [0.4, 0.5) is 0 Å². The van der Waals surface area contributed by atoms with Gasteiger partial charge in [-0.05, 0) is 80.2 Å². The van der Waals surface area contributed by atoms with Gasteiger partial charge in [0, 0.05) is 23.0 Å². The molecule has 1 aromatic heterocycles. The molecule has 6 aromatic carbocycles. The Morgan fingerprint density at radius 3 is 2.22 bits per heavy atom. The van der Waals surface area contributed by atoms with E-state index in [0.717, 1.165) is 22.4 Å². The standard InChI is InChI=1S/C38H25N3/c39-24-29-22-27(19-20-40-29)26-10-8-11-28(21-26)34-23-36-38(33-16-7-6-15-32(33)34)37-31-14-5-4-9-25(31)17-18-35(37)41(36)30-12-2-1-3-13-30/h1-19,21-23,40H,20H2. The van der Waals surface area contributed by atoms with Gasteiger partial charge in [-0.1, -0.05) is 97.1 Å². The van der Waals surface area contributed by atoms with Crippen LogP contribution >= 0.6 is 0 Å². The highest BCUT2D eigenvalue weighted by Crippen LogP contribution is 2.44. The number of nitrogens with zero attached hydrogens (tertiary/aromatic N) is 2. The van der Waals surface area contributed by atoms with Gasteiger partial charge < -0.3 is 9.88 Å². The van der Waals surface area contributed by atoms with Crippen molar-refractivity contribution < 1.29 is 0 Å². The summed E-state index contributed by atoms with van der Waals surface area (Å²) in [4.78, 5) is 0. The summed E-state index contributed by atoms with van der Waals surface area (Å²) in [5.74, 6) is 0. The molecule has 1 aliphatic heterocycles. The third kappa shape index (κ3) is 3.66. The van der Waals surface area contributed by atoms with Crippen molar-refractivity contribution in [2.24, 2.45) is 0 Å². The van der Waals surface area contributed by atoms with E-state index in [1.165, 1.54) is 48.9 Å². The molecule has 0 bridgehead atoms. The van der Waals surface area contributed by atoms with Gasteiger partial charge in [-0.2, -0.15) is 5.26 Å². The number of nitriles is 1. The van der Waals surface area contributed by atoms with E-state index in [1.54, 1.807) is 0 Å². The van der Waals surface area contributed by atoms with Crippen LogP contribution in [0, 0.1) is 11.3 Å². The maximum absolute atomic E-state index is 9.44. The first-order valence-corrected chi connectivity index (χ1v) is 13.9. The molecule has 1 N–H and O–H groups in total. The second-order valence-corrected chi connectivity index (χ2v) is 10.5. The van der Waals surface area contributed by atoms with Crippen LogP contribution in [0.2, 0.25) is 0 Å². The lowest BCUT2D eigenvalue weighted by Crippen LogP contribution is -2.15. The third-order valence-corrected chi connectivity index (χ3v) is 8.22. The number of hydrogen-bond donors (Lipinski definition) is 1. The Balaban J connectivity index is 1.49. The maximum Gasteiger partial charge on any atom is 0.117 e. The van der Waals surface area contributed by atoms with Crippen LogP contribution in [0.1, 0.15) is 5.56 Å². The number of dihydropyridines is 1. The number of hydrogen-bond acceptors (Lipinski definition) is 2. The predicted octanol–water partition coefficient (Wildman–Crippen LogP) is 9.15. The van der Waals surface area contributed by atoms with Crippen molar-refractivity contribution in [3.8, 4) is 22.9 Å². The number of allylic oxidation sites excluding steroid dienone is 3. The van der Waals surface area contributed by atoms with Gasteiger partial charge in [0.1, 0.15) is 11.8 Å². The van der Waals surface area contributed by atoms with E-state index in [-0.39, 0.29) is 0 Å². The Hall–Kier alpha value is -5.59. The minimum atomic E-state index is 0.597. The summed E-state index contributed by atoms with van der Waals surface area (Å²) in [6, 6.07) is 45.9. The van der Waals surface area contributed by atoms with E-state index in [4.69, 9.17) is 0 Å². The van der Waals surface area contributed by atoms with Crippen LogP contribution < -0.4 is 5.32 Å². The van der Waals surface area contributed by atoms with Crippen LogP contribution in [-0.2, 0) is 0 Å². The van der Waals surface area contributed by atoms with Crippen molar-refractivity contribution in [1.82, 2.24) is 9.88 Å². The zero-order valence-corrected chi connectivity index (χ0v) is 22.3. The Labute approximate surface area is 237 Å². The Bertz CT molecular complexity index is 2260. The molecule has 0 fully saturated rings. The van der Waals surface area contributed by atoms with E-state index in [2.05, 4.69) is 143 Å². The van der Waals surface area contributed by atoms with Crippen LogP contribution in [0.5, 0.6) is 0 Å². The predicted molar refractivity (Wildman–Crippen MR) is 171 cm³/mol. The minimum Gasteiger partial charge on any atom is -0.373 e. The van der Waals surface area contributed by atoms with Crippen LogP contribution in [0.3, 0.4) is 0 Å². The molecule has 0 amide bonds. The second-order valence-electron chi connectivity index (χ2n) is 10.5. The SMILES string of the molecule is N#CC1=CC(c2cccc(-c3cc4c(c5ccccc35)c3c5ccccc5ccc3n4-c3ccccc3)c2)=CCN1. The van der Waals surface area contributed by atoms with Gasteiger partial charge in [0.15, 0.2) is 0 Å². The van der Waals surface area contributed by atoms with Gasteiger partial charge in [-0.3, -0.25) is 0 Å². The van der Waals surface area contributed by atoms with Crippen molar-refractivity contribution in [3.63, 3.8) is 0 Å². The maximum atomic E-state index is 9.44. The average molecular weight is 524 g/mol. The fourth-order valence-electron chi connectivity index (χ4n) is 6.41. The minimum absolute atomic E-state index is 0.597. The zero-order chi connectivity index (χ0) is 27.3. The van der Waals surface area contributed by atoms with Crippen molar-refractivity contribution >= 4 is 48.9 Å². The quantitative estimate of drug-likeness (QED) is 0.251. The highest BCUT2D eigenvalue weighted by molar-refractivity contribution is 6.30. The number of para-hydroxylation sites is 1. The van der Waals surface area contributed by atoms with Crippen molar-refractivity contribution in [1.29, 1.82) is 5.26 Å². The van der Waals surface area contributed by atoms with Crippen molar-refractivity contribution in [2.75, 3.05) is 6.54 Å². The van der Waals surface area contributed by atoms with Crippen molar-refractivity contribution in [3.05, 3.63) is 145 Å². The molecule has 0 aliphatic carbocycles. The fraction of sp³-hybridized carbons (Fsp3) is 0.0263. The third-order valence-electron chi connectivity index (χ3n) is 8.22. The molecule has 7 aromatic rings. The highest BCUT2D eigenvalue weighted by Gasteiger charge is 2.20. The monoisotopic (exact) mass is 523 g/mol. The molecule has 192 valence electrons. The topological polar surface area (TPSA) is 40.8 Å². The summed E-state index contributed by atoms with van der Waals surface area (Å²) >= 11 is 0. The molecular formula is C38H25N3. The summed E-state index contributed by atoms with van der Waals surface area (Å²) in [6.45, 7) is 0.652. The molecule has 41 heavy (non-hydrogen) atoms. The van der Waals surface area contributed by atoms with E-state index in [0.29, 0.717) is 12.2 Å². The number of benzene rings is 6. The molecule has 0 unspecified atom stereocenters. The molecule has 0 saturated carbocycles. The van der Waals surface area contributed by atoms with E-state index >= 15 is 0 Å². The molecule has 1 aliphatic rings. The second kappa shape index (κ2) is 9.26. The molecule has 3 heteroatoms. The summed E-state index contributed by atoms with van der Waals surface area (Å²) in [7, 11) is 0. The van der Waals surface area contributed by atoms with Gasteiger partial charge in [0.2, 0.25) is 0 Å². The molecule has 8 rings (SSSR count). The van der Waals surface area contributed by atoms with Gasteiger partial charge in [0.25, 0.3) is 0 Å². The number of aromatic nitrogens is 1. The Morgan fingerprint density at radius 2 is 1.37 bits per heavy atom. The number of fused-ring (bicyclic) bond motifs is 7. The molecule has 3 nitrogen and oxygen atoms in total. The zero-order valence-electron chi connectivity index (χ0n) is 22.3. The summed E-state index contributed by atoms with van der Waals surface area (Å²) in [6.07, 6.45) is 4.07. The largest absolute Gasteiger partial charge is 0.373 e. The first kappa shape index (κ1) is 23.3. The average Bonchev–Trinajstić information content (AvgIpc) is 3.40. The first-order chi connectivity index (χ1) is 20.3. The van der Waals surface area contributed by atoms with Crippen LogP contribution in [0.25, 0.3) is 65.7 Å². The van der Waals surface area contributed by atoms with Crippen LogP contribution in [0.15, 0.2) is 139 Å². The van der Waals surface area contributed by atoms with Gasteiger partial charge >= 0.3 is 0 Å². The smallest absolute Gasteiger partial charge is 0.117 e. The van der Waals surface area contributed by atoms with E-state index in [1.807, 2.05) is 6.08 Å². The van der Waals surface area contributed by atoms with Crippen molar-refractivity contribution in [2.45, 2.75) is 0 Å². The molecule has 0 spiro atoms. The molecule has 0 atom stereocenters. The normalized spacial score (nSPS) is 13.2. The first-order valence-electron chi connectivity index (χ1n) is 13.9. The lowest BCUT2D eigenvalue weighted by atomic mass is 9.92. The lowest BCUT2D eigenvalue weighted by molar-refractivity contribution is 0.929. The molecule has 0 saturated heterocycles. The highest BCUT2D eigenvalue weighted by atomic mass is 15.0. The molecular weight excluding hydrogens is 498 g/mol. The summed E-state index contributed by atoms with van der Waals surface area (Å²) in [5, 5.41) is 20.1. The van der Waals surface area contributed by atoms with Gasteiger partial charge in [0.05, 0.1) is 11.0 Å². The van der Waals surface area contributed by atoms with Gasteiger partial charge in [-0.25, -0.2) is 0 Å². The molecule has 0 radical (unpaired) electrons.